The molecule has 120 valence electrons. The van der Waals surface area contributed by atoms with E-state index in [1.165, 1.54) is 5.56 Å². The molecule has 0 aromatic heterocycles. The average molecular weight is 330 g/mol. The number of halogens is 1. The first-order valence-electron chi connectivity index (χ1n) is 7.52. The van der Waals surface area contributed by atoms with E-state index in [1.54, 1.807) is 19.3 Å². The molecule has 1 amide bonds. The van der Waals surface area contributed by atoms with Crippen molar-refractivity contribution in [2.24, 2.45) is 0 Å². The van der Waals surface area contributed by atoms with E-state index in [4.69, 9.17) is 16.3 Å². The maximum Gasteiger partial charge on any atom is 0.243 e. The molecule has 23 heavy (non-hydrogen) atoms. The Morgan fingerprint density at radius 1 is 1.13 bits per heavy atom. The summed E-state index contributed by atoms with van der Waals surface area (Å²) in [5.74, 6) is 0.714. The molecule has 0 radical (unpaired) electrons. The number of ether oxygens (including phenoxy) is 1. The Labute approximate surface area is 141 Å². The number of nitrogens with one attached hydrogen (secondary N) is 1. The van der Waals surface area contributed by atoms with E-state index in [0.29, 0.717) is 6.54 Å². The van der Waals surface area contributed by atoms with Gasteiger partial charge in [-0.15, -0.1) is 0 Å². The van der Waals surface area contributed by atoms with Crippen molar-refractivity contribution in [1.29, 1.82) is 0 Å². The molecule has 2 aromatic carbocycles. The van der Waals surface area contributed by atoms with E-state index >= 15 is 0 Å². The van der Waals surface area contributed by atoms with Crippen LogP contribution < -0.4 is 10.1 Å². The second-order valence-electron chi connectivity index (χ2n) is 5.13. The predicted octanol–water partition coefficient (Wildman–Crippen LogP) is 4.11. The van der Waals surface area contributed by atoms with Crippen molar-refractivity contribution in [3.05, 3.63) is 70.8 Å². The Kier molecular flexibility index (Phi) is 6.70. The molecule has 3 nitrogen and oxygen atoms in total. The molecule has 0 saturated carbocycles. The smallest absolute Gasteiger partial charge is 0.243 e. The fourth-order valence-electron chi connectivity index (χ4n) is 2.10. The fourth-order valence-corrected chi connectivity index (χ4v) is 2.23. The number of methoxy groups -OCH3 is 1. The highest BCUT2D eigenvalue weighted by atomic mass is 35.5. The zero-order valence-electron chi connectivity index (χ0n) is 13.1. The van der Waals surface area contributed by atoms with Gasteiger partial charge in [-0.05, 0) is 54.3 Å². The van der Waals surface area contributed by atoms with E-state index in [9.17, 15) is 4.79 Å². The fraction of sp³-hybridized carbons (Fsp3) is 0.211. The maximum atomic E-state index is 11.8. The van der Waals surface area contributed by atoms with Gasteiger partial charge in [0.25, 0.3) is 0 Å². The Balaban J connectivity index is 1.69. The summed E-state index contributed by atoms with van der Waals surface area (Å²) in [6.45, 7) is 0.647. The quantitative estimate of drug-likeness (QED) is 0.613. The van der Waals surface area contributed by atoms with Crippen molar-refractivity contribution in [2.75, 3.05) is 13.7 Å². The summed E-state index contributed by atoms with van der Waals surface area (Å²) in [6, 6.07) is 15.3. The lowest BCUT2D eigenvalue weighted by Gasteiger charge is -2.03. The van der Waals surface area contributed by atoms with Crippen LogP contribution >= 0.6 is 11.6 Å². The van der Waals surface area contributed by atoms with Crippen molar-refractivity contribution in [3.8, 4) is 5.75 Å². The summed E-state index contributed by atoms with van der Waals surface area (Å²) in [5.41, 5.74) is 2.18. The summed E-state index contributed by atoms with van der Waals surface area (Å²) >= 11 is 5.85. The molecule has 0 spiro atoms. The first-order valence-corrected chi connectivity index (χ1v) is 7.89. The number of benzene rings is 2. The molecule has 0 atom stereocenters. The van der Waals surface area contributed by atoms with Crippen molar-refractivity contribution >= 4 is 23.6 Å². The summed E-state index contributed by atoms with van der Waals surface area (Å²) in [5, 5.41) is 3.62. The molecule has 4 heteroatoms. The molecule has 1 N–H and O–H groups in total. The van der Waals surface area contributed by atoms with Crippen LogP contribution in [-0.4, -0.2) is 19.6 Å². The molecule has 0 heterocycles. The van der Waals surface area contributed by atoms with Gasteiger partial charge >= 0.3 is 0 Å². The first kappa shape index (κ1) is 17.1. The number of hydrogen-bond acceptors (Lipinski definition) is 2. The lowest BCUT2D eigenvalue weighted by atomic mass is 10.1. The molecule has 0 aliphatic heterocycles. The highest BCUT2D eigenvalue weighted by Crippen LogP contribution is 2.12. The second kappa shape index (κ2) is 9.01. The van der Waals surface area contributed by atoms with Gasteiger partial charge < -0.3 is 10.1 Å². The third kappa shape index (κ3) is 6.17. The highest BCUT2D eigenvalue weighted by molar-refractivity contribution is 6.30. The number of amides is 1. The molecular weight excluding hydrogens is 310 g/mol. The van der Waals surface area contributed by atoms with Crippen LogP contribution in [0.5, 0.6) is 5.75 Å². The molecule has 2 aromatic rings. The van der Waals surface area contributed by atoms with Crippen LogP contribution in [0.15, 0.2) is 54.6 Å². The lowest BCUT2D eigenvalue weighted by molar-refractivity contribution is -0.116. The SMILES string of the molecule is COc1ccc(/C=C/C(=O)NCCCc2ccc(Cl)cc2)cc1. The van der Waals surface area contributed by atoms with Crippen molar-refractivity contribution in [3.63, 3.8) is 0 Å². The maximum absolute atomic E-state index is 11.8. The molecule has 0 bridgehead atoms. The van der Waals surface area contributed by atoms with Gasteiger partial charge in [0.1, 0.15) is 5.75 Å². The van der Waals surface area contributed by atoms with Crippen LogP contribution in [0.3, 0.4) is 0 Å². The number of aryl methyl sites for hydroxylation is 1. The summed E-state index contributed by atoms with van der Waals surface area (Å²) in [6.07, 6.45) is 5.14. The molecule has 0 saturated heterocycles. The van der Waals surface area contributed by atoms with Gasteiger partial charge in [0.15, 0.2) is 0 Å². The summed E-state index contributed by atoms with van der Waals surface area (Å²) in [7, 11) is 1.63. The Hall–Kier alpha value is -2.26. The Morgan fingerprint density at radius 2 is 1.83 bits per heavy atom. The number of hydrogen-bond donors (Lipinski definition) is 1. The highest BCUT2D eigenvalue weighted by Gasteiger charge is 1.97. The second-order valence-corrected chi connectivity index (χ2v) is 5.56. The normalized spacial score (nSPS) is 10.7. The van der Waals surface area contributed by atoms with Crippen LogP contribution in [0.2, 0.25) is 5.02 Å². The van der Waals surface area contributed by atoms with Gasteiger partial charge in [-0.1, -0.05) is 35.9 Å². The van der Waals surface area contributed by atoms with Crippen LogP contribution in [0, 0.1) is 0 Å². The van der Waals surface area contributed by atoms with Crippen LogP contribution in [0.1, 0.15) is 17.5 Å². The van der Waals surface area contributed by atoms with Crippen molar-refractivity contribution < 1.29 is 9.53 Å². The monoisotopic (exact) mass is 329 g/mol. The zero-order valence-corrected chi connectivity index (χ0v) is 13.8. The summed E-state index contributed by atoms with van der Waals surface area (Å²) < 4.78 is 5.09. The van der Waals surface area contributed by atoms with Gasteiger partial charge in [0.05, 0.1) is 7.11 Å². The minimum atomic E-state index is -0.0862. The van der Waals surface area contributed by atoms with Gasteiger partial charge in [-0.25, -0.2) is 0 Å². The minimum Gasteiger partial charge on any atom is -0.497 e. The number of carbonyl (C=O) groups excluding carboxylic acids is 1. The van der Waals surface area contributed by atoms with Crippen molar-refractivity contribution in [1.82, 2.24) is 5.32 Å². The van der Waals surface area contributed by atoms with E-state index in [0.717, 1.165) is 29.2 Å². The topological polar surface area (TPSA) is 38.3 Å². The average Bonchev–Trinajstić information content (AvgIpc) is 2.59. The molecule has 0 aliphatic carbocycles. The van der Waals surface area contributed by atoms with E-state index in [1.807, 2.05) is 48.5 Å². The molecule has 0 fully saturated rings. The third-order valence-corrected chi connectivity index (χ3v) is 3.65. The third-order valence-electron chi connectivity index (χ3n) is 3.40. The molecule has 0 unspecified atom stereocenters. The standard InChI is InChI=1S/C19H20ClNO2/c1-23-18-11-6-16(7-12-18)8-13-19(22)21-14-2-3-15-4-9-17(20)10-5-15/h4-13H,2-3,14H2,1H3,(H,21,22)/b13-8+. The zero-order chi connectivity index (χ0) is 16.5. The molecule has 2 rings (SSSR count). The van der Waals surface area contributed by atoms with E-state index in [-0.39, 0.29) is 5.91 Å². The van der Waals surface area contributed by atoms with E-state index in [2.05, 4.69) is 5.32 Å². The van der Waals surface area contributed by atoms with Gasteiger partial charge in [-0.3, -0.25) is 4.79 Å². The molecular formula is C19H20ClNO2. The first-order chi connectivity index (χ1) is 11.2. The van der Waals surface area contributed by atoms with Crippen LogP contribution in [0.4, 0.5) is 0 Å². The Bertz CT molecular complexity index is 648. The van der Waals surface area contributed by atoms with E-state index < -0.39 is 0 Å². The number of carbonyl (C=O) groups is 1. The largest absolute Gasteiger partial charge is 0.497 e. The summed E-state index contributed by atoms with van der Waals surface area (Å²) in [4.78, 5) is 11.8. The van der Waals surface area contributed by atoms with Crippen molar-refractivity contribution in [2.45, 2.75) is 12.8 Å². The van der Waals surface area contributed by atoms with Gasteiger partial charge in [0, 0.05) is 17.6 Å². The predicted molar refractivity (Wildman–Crippen MR) is 94.8 cm³/mol. The van der Waals surface area contributed by atoms with Crippen LogP contribution in [0.25, 0.3) is 6.08 Å². The van der Waals surface area contributed by atoms with Gasteiger partial charge in [0.2, 0.25) is 5.91 Å². The Morgan fingerprint density at radius 3 is 2.48 bits per heavy atom. The molecule has 0 aliphatic rings. The van der Waals surface area contributed by atoms with Gasteiger partial charge in [-0.2, -0.15) is 0 Å². The number of rotatable bonds is 7. The lowest BCUT2D eigenvalue weighted by Crippen LogP contribution is -2.22. The minimum absolute atomic E-state index is 0.0862. The van der Waals surface area contributed by atoms with Crippen LogP contribution in [-0.2, 0) is 11.2 Å².